The molecule has 1 N–H and O–H groups in total. The molecule has 0 aromatic rings. The van der Waals surface area contributed by atoms with Gasteiger partial charge in [0.15, 0.2) is 0 Å². The predicted octanol–water partition coefficient (Wildman–Crippen LogP) is 0.946. The maximum absolute atomic E-state index is 11.4. The summed E-state index contributed by atoms with van der Waals surface area (Å²) in [5.74, 6) is 1.23. The first-order valence-corrected chi connectivity index (χ1v) is 7.92. The first-order valence-electron chi connectivity index (χ1n) is 5.56. The van der Waals surface area contributed by atoms with Gasteiger partial charge in [0.1, 0.15) is 9.84 Å². The molecule has 6 heteroatoms. The van der Waals surface area contributed by atoms with E-state index >= 15 is 0 Å². The smallest absolute Gasteiger partial charge is 0.220 e. The van der Waals surface area contributed by atoms with Gasteiger partial charge in [0.05, 0.1) is 11.5 Å². The van der Waals surface area contributed by atoms with Crippen LogP contribution in [0.5, 0.6) is 0 Å². The molecular weight excluding hydrogens is 250 g/mol. The fraction of sp³-hybridized carbons (Fsp3) is 0.900. The van der Waals surface area contributed by atoms with Gasteiger partial charge >= 0.3 is 0 Å². The number of carbonyl (C=O) groups excluding carboxylic acids is 1. The summed E-state index contributed by atoms with van der Waals surface area (Å²) in [6.07, 6.45) is 2.45. The highest BCUT2D eigenvalue weighted by Gasteiger charge is 2.24. The van der Waals surface area contributed by atoms with Crippen molar-refractivity contribution in [1.29, 1.82) is 0 Å². The van der Waals surface area contributed by atoms with Gasteiger partial charge in [0.2, 0.25) is 5.91 Å². The van der Waals surface area contributed by atoms with E-state index in [-0.39, 0.29) is 23.3 Å². The highest BCUT2D eigenvalue weighted by molar-refractivity contribution is 7.91. The van der Waals surface area contributed by atoms with Crippen molar-refractivity contribution in [3.63, 3.8) is 0 Å². The van der Waals surface area contributed by atoms with Crippen LogP contribution in [0.15, 0.2) is 0 Å². The first-order chi connectivity index (χ1) is 7.53. The molecule has 1 heterocycles. The van der Waals surface area contributed by atoms with Crippen LogP contribution in [-0.2, 0) is 14.6 Å². The lowest BCUT2D eigenvalue weighted by Crippen LogP contribution is -2.30. The second-order valence-electron chi connectivity index (χ2n) is 4.19. The minimum atomic E-state index is -2.82. The van der Waals surface area contributed by atoms with Gasteiger partial charge in [-0.15, -0.1) is 11.6 Å². The van der Waals surface area contributed by atoms with Crippen LogP contribution in [0.25, 0.3) is 0 Å². The van der Waals surface area contributed by atoms with Crippen LogP contribution in [0.2, 0.25) is 0 Å². The van der Waals surface area contributed by atoms with Crippen LogP contribution in [0.4, 0.5) is 0 Å². The molecule has 1 rings (SSSR count). The number of alkyl halides is 1. The van der Waals surface area contributed by atoms with Crippen LogP contribution in [0.1, 0.15) is 25.7 Å². The molecule has 1 aliphatic heterocycles. The molecule has 0 saturated carbocycles. The standard InChI is InChI=1S/C10H18ClNO3S/c11-4-1-5-12-10(13)8-9-2-6-16(14,15)7-3-9/h9H,1-8H2,(H,12,13). The highest BCUT2D eigenvalue weighted by atomic mass is 35.5. The fourth-order valence-corrected chi connectivity index (χ4v) is 3.49. The molecule has 0 radical (unpaired) electrons. The van der Waals surface area contributed by atoms with Gasteiger partial charge in [-0.3, -0.25) is 4.79 Å². The van der Waals surface area contributed by atoms with Crippen molar-refractivity contribution in [2.24, 2.45) is 5.92 Å². The lowest BCUT2D eigenvalue weighted by molar-refractivity contribution is -0.122. The van der Waals surface area contributed by atoms with E-state index in [1.165, 1.54) is 0 Å². The molecule has 94 valence electrons. The number of sulfone groups is 1. The Morgan fingerprint density at radius 2 is 1.94 bits per heavy atom. The SMILES string of the molecule is O=C(CC1CCS(=O)(=O)CC1)NCCCCl. The number of hydrogen-bond acceptors (Lipinski definition) is 3. The van der Waals surface area contributed by atoms with E-state index in [2.05, 4.69) is 5.32 Å². The quantitative estimate of drug-likeness (QED) is 0.596. The molecule has 0 unspecified atom stereocenters. The molecular formula is C10H18ClNO3S. The summed E-state index contributed by atoms with van der Waals surface area (Å²) < 4.78 is 22.4. The third kappa shape index (κ3) is 5.16. The average molecular weight is 268 g/mol. The Balaban J connectivity index is 2.20. The molecule has 1 aliphatic rings. The van der Waals surface area contributed by atoms with E-state index < -0.39 is 9.84 Å². The van der Waals surface area contributed by atoms with Gasteiger partial charge in [0, 0.05) is 18.8 Å². The van der Waals surface area contributed by atoms with Crippen LogP contribution < -0.4 is 5.32 Å². The van der Waals surface area contributed by atoms with Gasteiger partial charge in [0.25, 0.3) is 0 Å². The van der Waals surface area contributed by atoms with Crippen LogP contribution >= 0.6 is 11.6 Å². The van der Waals surface area contributed by atoms with E-state index in [0.717, 1.165) is 6.42 Å². The third-order valence-corrected chi connectivity index (χ3v) is 4.76. The van der Waals surface area contributed by atoms with Crippen LogP contribution in [0, 0.1) is 5.92 Å². The molecule has 1 amide bonds. The monoisotopic (exact) mass is 267 g/mol. The number of hydrogen-bond donors (Lipinski definition) is 1. The Labute approximate surface area is 102 Å². The van der Waals surface area contributed by atoms with E-state index in [0.29, 0.717) is 31.7 Å². The Morgan fingerprint density at radius 3 is 2.50 bits per heavy atom. The van der Waals surface area contributed by atoms with Crippen LogP contribution in [-0.4, -0.2) is 38.3 Å². The summed E-state index contributed by atoms with van der Waals surface area (Å²) in [6.45, 7) is 0.605. The second kappa shape index (κ2) is 6.45. The Kier molecular flexibility index (Phi) is 5.55. The van der Waals surface area contributed by atoms with Crippen LogP contribution in [0.3, 0.4) is 0 Å². The lowest BCUT2D eigenvalue weighted by Gasteiger charge is -2.21. The fourth-order valence-electron chi connectivity index (χ4n) is 1.77. The van der Waals surface area contributed by atoms with Crippen molar-refractivity contribution in [3.8, 4) is 0 Å². The molecule has 16 heavy (non-hydrogen) atoms. The third-order valence-electron chi connectivity index (χ3n) is 2.78. The molecule has 0 atom stereocenters. The van der Waals surface area contributed by atoms with E-state index in [9.17, 15) is 13.2 Å². The van der Waals surface area contributed by atoms with Crippen molar-refractivity contribution in [1.82, 2.24) is 5.32 Å². The van der Waals surface area contributed by atoms with Gasteiger partial charge in [-0.2, -0.15) is 0 Å². The number of nitrogens with one attached hydrogen (secondary N) is 1. The van der Waals surface area contributed by atoms with Gasteiger partial charge in [-0.1, -0.05) is 0 Å². The van der Waals surface area contributed by atoms with Crippen molar-refractivity contribution in [2.45, 2.75) is 25.7 Å². The zero-order valence-corrected chi connectivity index (χ0v) is 10.8. The Morgan fingerprint density at radius 1 is 1.31 bits per heavy atom. The molecule has 1 saturated heterocycles. The number of rotatable bonds is 5. The topological polar surface area (TPSA) is 63.2 Å². The highest BCUT2D eigenvalue weighted by Crippen LogP contribution is 2.21. The number of halogens is 1. The van der Waals surface area contributed by atoms with Crippen molar-refractivity contribution in [2.75, 3.05) is 23.9 Å². The minimum Gasteiger partial charge on any atom is -0.356 e. The second-order valence-corrected chi connectivity index (χ2v) is 6.87. The summed E-state index contributed by atoms with van der Waals surface area (Å²) in [6, 6.07) is 0. The van der Waals surface area contributed by atoms with Gasteiger partial charge in [-0.05, 0) is 25.2 Å². The molecule has 0 spiro atoms. The molecule has 4 nitrogen and oxygen atoms in total. The lowest BCUT2D eigenvalue weighted by atomic mass is 9.98. The normalized spacial score (nSPS) is 20.6. The zero-order chi connectivity index (χ0) is 12.0. The van der Waals surface area contributed by atoms with Crippen molar-refractivity contribution in [3.05, 3.63) is 0 Å². The van der Waals surface area contributed by atoms with Crippen molar-refractivity contribution < 1.29 is 13.2 Å². The first kappa shape index (κ1) is 13.8. The Hall–Kier alpha value is -0.290. The Bertz CT molecular complexity index is 315. The molecule has 0 aliphatic carbocycles. The van der Waals surface area contributed by atoms with E-state index in [1.54, 1.807) is 0 Å². The van der Waals surface area contributed by atoms with Gasteiger partial charge < -0.3 is 5.32 Å². The van der Waals surface area contributed by atoms with Gasteiger partial charge in [-0.25, -0.2) is 8.42 Å². The predicted molar refractivity (Wildman–Crippen MR) is 64.3 cm³/mol. The maximum atomic E-state index is 11.4. The molecule has 0 aromatic carbocycles. The summed E-state index contributed by atoms with van der Waals surface area (Å²) >= 11 is 5.49. The van der Waals surface area contributed by atoms with Crippen molar-refractivity contribution >= 4 is 27.3 Å². The van der Waals surface area contributed by atoms with E-state index in [4.69, 9.17) is 11.6 Å². The maximum Gasteiger partial charge on any atom is 0.220 e. The summed E-state index contributed by atoms with van der Waals surface area (Å²) in [7, 11) is -2.82. The largest absolute Gasteiger partial charge is 0.356 e. The minimum absolute atomic E-state index is 0.00872. The zero-order valence-electron chi connectivity index (χ0n) is 9.25. The summed E-state index contributed by atoms with van der Waals surface area (Å²) in [4.78, 5) is 11.4. The number of amides is 1. The number of carbonyl (C=O) groups is 1. The molecule has 1 fully saturated rings. The molecule has 0 bridgehead atoms. The molecule has 0 aromatic heterocycles. The summed E-state index contributed by atoms with van der Waals surface area (Å²) in [5.41, 5.74) is 0. The summed E-state index contributed by atoms with van der Waals surface area (Å²) in [5, 5.41) is 2.78. The average Bonchev–Trinajstić information content (AvgIpc) is 2.22. The van der Waals surface area contributed by atoms with E-state index in [1.807, 2.05) is 0 Å².